The first kappa shape index (κ1) is 19.1. The van der Waals surface area contributed by atoms with Crippen molar-refractivity contribution < 1.29 is 27.1 Å². The molecule has 0 aromatic carbocycles. The van der Waals surface area contributed by atoms with Crippen LogP contribution in [0, 0.1) is 5.82 Å². The smallest absolute Gasteiger partial charge is 0.378 e. The van der Waals surface area contributed by atoms with Crippen LogP contribution in [0.4, 0.5) is 17.6 Å². The summed E-state index contributed by atoms with van der Waals surface area (Å²) < 4.78 is 58.6. The maximum Gasteiger partial charge on any atom is 0.406 e. The van der Waals surface area contributed by atoms with Gasteiger partial charge in [-0.2, -0.15) is 13.2 Å². The van der Waals surface area contributed by atoms with E-state index in [2.05, 4.69) is 15.2 Å². The van der Waals surface area contributed by atoms with Gasteiger partial charge in [0.15, 0.2) is 0 Å². The molecule has 2 fully saturated rings. The highest BCUT2D eigenvalue weighted by molar-refractivity contribution is 6.06. The van der Waals surface area contributed by atoms with Gasteiger partial charge in [-0.25, -0.2) is 9.37 Å². The van der Waals surface area contributed by atoms with E-state index in [9.17, 15) is 22.4 Å². The second kappa shape index (κ2) is 7.00. The zero-order valence-electron chi connectivity index (χ0n) is 15.2. The minimum atomic E-state index is -4.48. The average Bonchev–Trinajstić information content (AvgIpc) is 2.91. The Morgan fingerprint density at radius 3 is 2.64 bits per heavy atom. The third kappa shape index (κ3) is 3.70. The van der Waals surface area contributed by atoms with Crippen LogP contribution in [0.25, 0.3) is 11.0 Å². The van der Waals surface area contributed by atoms with Crippen molar-refractivity contribution in [2.24, 2.45) is 0 Å². The first-order valence-electron chi connectivity index (χ1n) is 9.03. The summed E-state index contributed by atoms with van der Waals surface area (Å²) in [4.78, 5) is 18.8. The lowest BCUT2D eigenvalue weighted by Crippen LogP contribution is -2.59. The van der Waals surface area contributed by atoms with Gasteiger partial charge in [0.05, 0.1) is 25.0 Å². The van der Waals surface area contributed by atoms with Crippen LogP contribution >= 0.6 is 0 Å². The number of halogens is 4. The predicted octanol–water partition coefficient (Wildman–Crippen LogP) is 2.33. The third-order valence-corrected chi connectivity index (χ3v) is 5.50. The number of hydrogen-bond acceptors (Lipinski definition) is 4. The van der Waals surface area contributed by atoms with Gasteiger partial charge in [-0.1, -0.05) is 0 Å². The summed E-state index contributed by atoms with van der Waals surface area (Å²) in [6, 6.07) is 1.29. The van der Waals surface area contributed by atoms with Gasteiger partial charge in [0, 0.05) is 29.7 Å². The molecule has 2 aromatic rings. The van der Waals surface area contributed by atoms with Gasteiger partial charge >= 0.3 is 6.18 Å². The van der Waals surface area contributed by atoms with E-state index >= 15 is 0 Å². The van der Waals surface area contributed by atoms with E-state index in [4.69, 9.17) is 4.74 Å². The lowest BCUT2D eigenvalue weighted by molar-refractivity contribution is -0.139. The Balaban J connectivity index is 1.59. The molecule has 0 aliphatic carbocycles. The molecule has 2 bridgehead atoms. The van der Waals surface area contributed by atoms with E-state index in [1.165, 1.54) is 0 Å². The van der Waals surface area contributed by atoms with Crippen molar-refractivity contribution >= 4 is 16.9 Å². The largest absolute Gasteiger partial charge is 0.406 e. The molecule has 3 atom stereocenters. The molecule has 0 saturated carbocycles. The molecule has 1 N–H and O–H groups in total. The SMILES string of the molecule is CN1[C@@H]2COC[C@H]1C[C@@H](NC(=O)c1cn(CC(F)(F)F)c3ncc(F)cc13)C2. The van der Waals surface area contributed by atoms with Crippen molar-refractivity contribution in [3.63, 3.8) is 0 Å². The molecular formula is C18H20F4N4O2. The van der Waals surface area contributed by atoms with E-state index in [1.807, 2.05) is 7.05 Å². The summed E-state index contributed by atoms with van der Waals surface area (Å²) in [5, 5.41) is 2.97. The number of ether oxygens (including phenoxy) is 1. The van der Waals surface area contributed by atoms with Gasteiger partial charge in [-0.15, -0.1) is 0 Å². The highest BCUT2D eigenvalue weighted by Crippen LogP contribution is 2.28. The lowest BCUT2D eigenvalue weighted by atomic mass is 9.90. The van der Waals surface area contributed by atoms with Crippen LogP contribution < -0.4 is 5.32 Å². The monoisotopic (exact) mass is 400 g/mol. The second-order valence-electron chi connectivity index (χ2n) is 7.46. The Hall–Kier alpha value is -2.20. The Morgan fingerprint density at radius 1 is 1.32 bits per heavy atom. The van der Waals surface area contributed by atoms with Crippen LogP contribution in [0.1, 0.15) is 23.2 Å². The molecule has 152 valence electrons. The molecule has 2 saturated heterocycles. The van der Waals surface area contributed by atoms with Gasteiger partial charge in [-0.3, -0.25) is 9.69 Å². The fourth-order valence-corrected chi connectivity index (χ4v) is 4.12. The maximum absolute atomic E-state index is 13.6. The second-order valence-corrected chi connectivity index (χ2v) is 7.46. The van der Waals surface area contributed by atoms with Crippen molar-refractivity contribution in [2.45, 2.75) is 43.7 Å². The number of rotatable bonds is 3. The number of amides is 1. The number of aromatic nitrogens is 2. The minimum Gasteiger partial charge on any atom is -0.378 e. The molecule has 0 radical (unpaired) electrons. The van der Waals surface area contributed by atoms with Crippen molar-refractivity contribution in [2.75, 3.05) is 20.3 Å². The predicted molar refractivity (Wildman–Crippen MR) is 92.4 cm³/mol. The van der Waals surface area contributed by atoms with E-state index < -0.39 is 24.4 Å². The number of morpholine rings is 1. The number of alkyl halides is 3. The van der Waals surface area contributed by atoms with Crippen LogP contribution in [-0.2, 0) is 11.3 Å². The van der Waals surface area contributed by atoms with E-state index in [1.54, 1.807) is 0 Å². The van der Waals surface area contributed by atoms with Crippen molar-refractivity contribution in [1.29, 1.82) is 0 Å². The molecular weight excluding hydrogens is 380 g/mol. The Kier molecular flexibility index (Phi) is 4.78. The molecule has 6 nitrogen and oxygen atoms in total. The molecule has 4 rings (SSSR count). The summed E-state index contributed by atoms with van der Waals surface area (Å²) in [5.74, 6) is -1.23. The van der Waals surface area contributed by atoms with Gasteiger partial charge in [0.25, 0.3) is 5.91 Å². The van der Waals surface area contributed by atoms with Gasteiger partial charge in [-0.05, 0) is 26.0 Å². The molecule has 0 spiro atoms. The van der Waals surface area contributed by atoms with Crippen LogP contribution in [-0.4, -0.2) is 64.9 Å². The number of piperidine rings is 1. The number of pyridine rings is 1. The normalized spacial score (nSPS) is 25.8. The van der Waals surface area contributed by atoms with Crippen LogP contribution in [0.15, 0.2) is 18.5 Å². The summed E-state index contributed by atoms with van der Waals surface area (Å²) in [5.41, 5.74) is -0.0795. The van der Waals surface area contributed by atoms with Crippen LogP contribution in [0.5, 0.6) is 0 Å². The first-order chi connectivity index (χ1) is 13.2. The van der Waals surface area contributed by atoms with Gasteiger partial charge < -0.3 is 14.6 Å². The third-order valence-electron chi connectivity index (χ3n) is 5.50. The fourth-order valence-electron chi connectivity index (χ4n) is 4.12. The minimum absolute atomic E-state index is 0.00779. The highest BCUT2D eigenvalue weighted by atomic mass is 19.4. The Morgan fingerprint density at radius 2 is 2.00 bits per heavy atom. The summed E-state index contributed by atoms with van der Waals surface area (Å²) in [7, 11) is 2.02. The van der Waals surface area contributed by atoms with Crippen molar-refractivity contribution in [3.8, 4) is 0 Å². The summed E-state index contributed by atoms with van der Waals surface area (Å²) in [6.45, 7) is -0.135. The average molecular weight is 400 g/mol. The topological polar surface area (TPSA) is 59.4 Å². The number of carbonyl (C=O) groups is 1. The van der Waals surface area contributed by atoms with Crippen molar-refractivity contribution in [1.82, 2.24) is 19.8 Å². The molecule has 0 unspecified atom stereocenters. The van der Waals surface area contributed by atoms with E-state index in [-0.39, 0.29) is 34.7 Å². The number of likely N-dealkylation sites (N-methyl/N-ethyl adjacent to an activating group) is 1. The molecule has 2 aliphatic rings. The number of nitrogens with one attached hydrogen (secondary N) is 1. The maximum atomic E-state index is 13.6. The summed E-state index contributed by atoms with van der Waals surface area (Å²) in [6.07, 6.45) is -1.17. The van der Waals surface area contributed by atoms with Gasteiger partial charge in [0.2, 0.25) is 0 Å². The quantitative estimate of drug-likeness (QED) is 0.804. The molecule has 2 aliphatic heterocycles. The molecule has 1 amide bonds. The number of fused-ring (bicyclic) bond motifs is 3. The number of nitrogens with zero attached hydrogens (tertiary/aromatic N) is 3. The molecule has 28 heavy (non-hydrogen) atoms. The highest BCUT2D eigenvalue weighted by Gasteiger charge is 2.37. The van der Waals surface area contributed by atoms with Crippen LogP contribution in [0.3, 0.4) is 0 Å². The van der Waals surface area contributed by atoms with Crippen LogP contribution in [0.2, 0.25) is 0 Å². The Bertz CT molecular complexity index is 884. The number of hydrogen-bond donors (Lipinski definition) is 1. The summed E-state index contributed by atoms with van der Waals surface area (Å²) >= 11 is 0. The standard InChI is InChI=1S/C18H20F4N4O2/c1-25-12-3-11(4-13(25)8-28-7-12)24-17(27)15-6-26(9-18(20,21)22)16-14(15)2-10(19)5-23-16/h2,5-6,11-13H,3-4,7-9H2,1H3,(H,24,27)/t11-,12-,13+. The lowest BCUT2D eigenvalue weighted by Gasteiger charge is -2.46. The zero-order chi connectivity index (χ0) is 20.1. The van der Waals surface area contributed by atoms with E-state index in [0.29, 0.717) is 26.1 Å². The molecule has 4 heterocycles. The van der Waals surface area contributed by atoms with Gasteiger partial charge in [0.1, 0.15) is 18.0 Å². The molecule has 2 aromatic heterocycles. The first-order valence-corrected chi connectivity index (χ1v) is 9.03. The molecule has 10 heteroatoms. The fraction of sp³-hybridized carbons (Fsp3) is 0.556. The van der Waals surface area contributed by atoms with Crippen molar-refractivity contribution in [3.05, 3.63) is 29.8 Å². The zero-order valence-corrected chi connectivity index (χ0v) is 15.2. The Labute approximate surface area is 158 Å². The van der Waals surface area contributed by atoms with E-state index in [0.717, 1.165) is 23.0 Å². The number of carbonyl (C=O) groups excluding carboxylic acids is 1.